The van der Waals surface area contributed by atoms with Crippen LogP contribution in [0.3, 0.4) is 0 Å². The lowest BCUT2D eigenvalue weighted by Gasteiger charge is -2.17. The summed E-state index contributed by atoms with van der Waals surface area (Å²) in [5.74, 6) is 0.817. The molecule has 1 aromatic heterocycles. The molecule has 1 fully saturated rings. The lowest BCUT2D eigenvalue weighted by atomic mass is 10.1. The van der Waals surface area contributed by atoms with Crippen LogP contribution in [0.25, 0.3) is 11.0 Å². The number of hydroxylamine groups is 2. The maximum absolute atomic E-state index is 5.80. The smallest absolute Gasteiger partial charge is 0.167 e. The van der Waals surface area contributed by atoms with Crippen molar-refractivity contribution in [3.8, 4) is 0 Å². The van der Waals surface area contributed by atoms with E-state index in [0.29, 0.717) is 5.37 Å². The van der Waals surface area contributed by atoms with Crippen LogP contribution >= 0.6 is 27.7 Å². The molecule has 6 heteroatoms. The van der Waals surface area contributed by atoms with E-state index in [2.05, 4.69) is 41.0 Å². The number of aromatic nitrogens is 1. The first kappa shape index (κ1) is 14.4. The Kier molecular flexibility index (Phi) is 3.83. The second kappa shape index (κ2) is 5.33. The molecule has 0 bridgehead atoms. The second-order valence-electron chi connectivity index (χ2n) is 5.64. The third kappa shape index (κ3) is 2.88. The summed E-state index contributed by atoms with van der Waals surface area (Å²) >= 11 is 5.32. The first-order valence-corrected chi connectivity index (χ1v) is 8.36. The summed E-state index contributed by atoms with van der Waals surface area (Å²) in [5, 5.41) is 7.56. The fourth-order valence-corrected chi connectivity index (χ4v) is 4.13. The van der Waals surface area contributed by atoms with Crippen LogP contribution in [0, 0.1) is 0 Å². The van der Waals surface area contributed by atoms with Gasteiger partial charge in [0, 0.05) is 29.1 Å². The summed E-state index contributed by atoms with van der Waals surface area (Å²) in [6.45, 7) is 4.24. The van der Waals surface area contributed by atoms with Gasteiger partial charge >= 0.3 is 0 Å². The molecule has 20 heavy (non-hydrogen) atoms. The minimum Gasteiger partial charge on any atom is -0.356 e. The van der Waals surface area contributed by atoms with E-state index >= 15 is 0 Å². The fourth-order valence-electron chi connectivity index (χ4n) is 2.44. The van der Waals surface area contributed by atoms with Crippen molar-refractivity contribution in [2.75, 3.05) is 7.05 Å². The largest absolute Gasteiger partial charge is 0.356 e. The van der Waals surface area contributed by atoms with E-state index in [1.54, 1.807) is 0 Å². The Labute approximate surface area is 130 Å². The molecule has 1 aliphatic heterocycles. The zero-order valence-corrected chi connectivity index (χ0v) is 14.1. The summed E-state index contributed by atoms with van der Waals surface area (Å²) in [6, 6.07) is 5.96. The van der Waals surface area contributed by atoms with Gasteiger partial charge < -0.3 is 4.52 Å². The van der Waals surface area contributed by atoms with Gasteiger partial charge in [0.2, 0.25) is 0 Å². The van der Waals surface area contributed by atoms with Crippen LogP contribution in [0.5, 0.6) is 0 Å². The molecule has 0 aliphatic carbocycles. The predicted octanol–water partition coefficient (Wildman–Crippen LogP) is 4.20. The Morgan fingerprint density at radius 3 is 3.00 bits per heavy atom. The minimum atomic E-state index is -0.0820. The molecule has 2 aromatic rings. The van der Waals surface area contributed by atoms with Crippen molar-refractivity contribution in [1.82, 2.24) is 10.2 Å². The Morgan fingerprint density at radius 1 is 1.50 bits per heavy atom. The van der Waals surface area contributed by atoms with E-state index in [0.717, 1.165) is 33.3 Å². The molecule has 0 spiro atoms. The van der Waals surface area contributed by atoms with Crippen molar-refractivity contribution in [2.45, 2.75) is 37.0 Å². The van der Waals surface area contributed by atoms with Gasteiger partial charge in [-0.15, -0.1) is 11.8 Å². The van der Waals surface area contributed by atoms with Crippen molar-refractivity contribution in [1.29, 1.82) is 0 Å². The van der Waals surface area contributed by atoms with Gasteiger partial charge in [0.05, 0.1) is 11.0 Å². The van der Waals surface area contributed by atoms with E-state index < -0.39 is 0 Å². The molecule has 0 amide bonds. The van der Waals surface area contributed by atoms with Gasteiger partial charge in [-0.3, -0.25) is 4.84 Å². The topological polar surface area (TPSA) is 38.5 Å². The van der Waals surface area contributed by atoms with Crippen LogP contribution in [0.4, 0.5) is 0 Å². The van der Waals surface area contributed by atoms with E-state index in [1.165, 1.54) is 0 Å². The van der Waals surface area contributed by atoms with E-state index in [-0.39, 0.29) is 5.60 Å². The van der Waals surface area contributed by atoms with Crippen molar-refractivity contribution in [3.63, 3.8) is 0 Å². The number of hydrogen-bond donors (Lipinski definition) is 0. The average molecular weight is 357 g/mol. The molecular weight excluding hydrogens is 340 g/mol. The Balaban J connectivity index is 1.73. The van der Waals surface area contributed by atoms with Gasteiger partial charge in [-0.1, -0.05) is 21.1 Å². The molecule has 0 N–H and O–H groups in total. The molecule has 0 saturated carbocycles. The monoisotopic (exact) mass is 356 g/mol. The molecule has 108 valence electrons. The summed E-state index contributed by atoms with van der Waals surface area (Å²) in [5.41, 5.74) is 1.74. The number of halogens is 1. The summed E-state index contributed by atoms with van der Waals surface area (Å²) in [6.07, 6.45) is 1.01. The van der Waals surface area contributed by atoms with Crippen molar-refractivity contribution in [3.05, 3.63) is 28.4 Å². The Hall–Kier alpha value is -0.560. The van der Waals surface area contributed by atoms with Gasteiger partial charge in [0.15, 0.2) is 5.58 Å². The van der Waals surface area contributed by atoms with Gasteiger partial charge in [0.25, 0.3) is 0 Å². The number of hydrogen-bond acceptors (Lipinski definition) is 5. The number of benzene rings is 1. The van der Waals surface area contributed by atoms with E-state index in [1.807, 2.05) is 36.0 Å². The highest BCUT2D eigenvalue weighted by atomic mass is 79.9. The first-order valence-electron chi connectivity index (χ1n) is 6.52. The van der Waals surface area contributed by atoms with E-state index in [4.69, 9.17) is 9.36 Å². The molecule has 3 rings (SSSR count). The molecule has 0 radical (unpaired) electrons. The van der Waals surface area contributed by atoms with Crippen LogP contribution < -0.4 is 0 Å². The third-order valence-corrected chi connectivity index (χ3v) is 5.16. The summed E-state index contributed by atoms with van der Waals surface area (Å²) in [7, 11) is 1.99. The van der Waals surface area contributed by atoms with Gasteiger partial charge in [-0.05, 0) is 32.0 Å². The standard InChI is InChI=1S/C14H17BrN2O2S/c1-14(2)7-13(17(3)19-14)20-8-11-10-6-9(15)4-5-12(10)18-16-11/h4-6,13H,7-8H2,1-3H3. The van der Waals surface area contributed by atoms with Crippen LogP contribution in [0.15, 0.2) is 27.2 Å². The molecule has 1 saturated heterocycles. The zero-order chi connectivity index (χ0) is 14.3. The van der Waals surface area contributed by atoms with Crippen molar-refractivity contribution < 1.29 is 9.36 Å². The van der Waals surface area contributed by atoms with Crippen molar-refractivity contribution in [2.24, 2.45) is 0 Å². The SMILES string of the molecule is CN1OC(C)(C)CC1SCc1noc2ccc(Br)cc12. The Morgan fingerprint density at radius 2 is 2.30 bits per heavy atom. The van der Waals surface area contributed by atoms with Crippen molar-refractivity contribution >= 4 is 38.7 Å². The fraction of sp³-hybridized carbons (Fsp3) is 0.500. The highest BCUT2D eigenvalue weighted by molar-refractivity contribution is 9.10. The second-order valence-corrected chi connectivity index (χ2v) is 7.72. The normalized spacial score (nSPS) is 22.7. The number of rotatable bonds is 3. The third-order valence-electron chi connectivity index (χ3n) is 3.38. The molecule has 4 nitrogen and oxygen atoms in total. The van der Waals surface area contributed by atoms with Crippen LogP contribution in [-0.2, 0) is 10.6 Å². The van der Waals surface area contributed by atoms with Crippen LogP contribution in [0.1, 0.15) is 26.0 Å². The van der Waals surface area contributed by atoms with Gasteiger partial charge in [-0.2, -0.15) is 5.06 Å². The lowest BCUT2D eigenvalue weighted by molar-refractivity contribution is -0.167. The zero-order valence-electron chi connectivity index (χ0n) is 11.7. The summed E-state index contributed by atoms with van der Waals surface area (Å²) < 4.78 is 6.40. The minimum absolute atomic E-state index is 0.0820. The Bertz CT molecular complexity index is 629. The van der Waals surface area contributed by atoms with Crippen LogP contribution in [0.2, 0.25) is 0 Å². The number of thioether (sulfide) groups is 1. The number of nitrogens with zero attached hydrogens (tertiary/aromatic N) is 2. The molecule has 1 aliphatic rings. The molecule has 1 unspecified atom stereocenters. The predicted molar refractivity (Wildman–Crippen MR) is 84.3 cm³/mol. The maximum Gasteiger partial charge on any atom is 0.167 e. The molecular formula is C14H17BrN2O2S. The first-order chi connectivity index (χ1) is 9.44. The highest BCUT2D eigenvalue weighted by Gasteiger charge is 2.37. The maximum atomic E-state index is 5.80. The average Bonchev–Trinajstić information content (AvgIpc) is 2.87. The van der Waals surface area contributed by atoms with Crippen LogP contribution in [-0.4, -0.2) is 28.2 Å². The van der Waals surface area contributed by atoms with Gasteiger partial charge in [-0.25, -0.2) is 0 Å². The highest BCUT2D eigenvalue weighted by Crippen LogP contribution is 2.37. The van der Waals surface area contributed by atoms with E-state index in [9.17, 15) is 0 Å². The molecule has 1 atom stereocenters. The summed E-state index contributed by atoms with van der Waals surface area (Å²) in [4.78, 5) is 5.80. The quantitative estimate of drug-likeness (QED) is 0.823. The molecule has 1 aromatic carbocycles. The lowest BCUT2D eigenvalue weighted by Crippen LogP contribution is -2.22. The molecule has 2 heterocycles. The number of fused-ring (bicyclic) bond motifs is 1. The van der Waals surface area contributed by atoms with Gasteiger partial charge in [0.1, 0.15) is 5.69 Å².